The topological polar surface area (TPSA) is 28.6 Å². The van der Waals surface area contributed by atoms with Gasteiger partial charge in [0.25, 0.3) is 0 Å². The summed E-state index contributed by atoms with van der Waals surface area (Å²) in [5.74, 6) is 0.798. The molecule has 1 aromatic heterocycles. The molecule has 0 aliphatic carbocycles. The van der Waals surface area contributed by atoms with E-state index in [1.54, 1.807) is 0 Å². The van der Waals surface area contributed by atoms with Gasteiger partial charge >= 0.3 is 0 Å². The van der Waals surface area contributed by atoms with E-state index >= 15 is 0 Å². The van der Waals surface area contributed by atoms with Crippen LogP contribution in [-0.2, 0) is 4.74 Å². The predicted molar refractivity (Wildman–Crippen MR) is 76.6 cm³/mol. The number of nitrogens with zero attached hydrogens (tertiary/aromatic N) is 3. The summed E-state index contributed by atoms with van der Waals surface area (Å²) < 4.78 is 5.41. The number of rotatable bonds is 3. The van der Waals surface area contributed by atoms with Crippen LogP contribution in [0.1, 0.15) is 12.1 Å². The van der Waals surface area contributed by atoms with Crippen molar-refractivity contribution in [2.45, 2.75) is 13.3 Å². The van der Waals surface area contributed by atoms with Crippen LogP contribution in [0.3, 0.4) is 0 Å². The first-order valence-electron chi connectivity index (χ1n) is 7.29. The zero-order valence-electron chi connectivity index (χ0n) is 11.7. The largest absolute Gasteiger partial charge is 0.379 e. The standard InChI is InChI=1S/C15H23N3O/c1-13-10-15(2-4-16-13)18-5-3-14(12-18)11-17-6-8-19-9-7-17/h2,4,10,14H,3,5-9,11-12H2,1H3. The lowest BCUT2D eigenvalue weighted by atomic mass is 10.1. The minimum Gasteiger partial charge on any atom is -0.379 e. The third-order valence-electron chi connectivity index (χ3n) is 4.15. The average molecular weight is 261 g/mol. The number of morpholine rings is 1. The third kappa shape index (κ3) is 3.25. The Hall–Kier alpha value is -1.13. The Kier molecular flexibility index (Phi) is 3.99. The Bertz CT molecular complexity index is 418. The second-order valence-electron chi connectivity index (χ2n) is 5.67. The molecule has 3 rings (SSSR count). The third-order valence-corrected chi connectivity index (χ3v) is 4.15. The second-order valence-corrected chi connectivity index (χ2v) is 5.67. The van der Waals surface area contributed by atoms with Crippen molar-refractivity contribution >= 4 is 5.69 Å². The Morgan fingerprint density at radius 1 is 1.32 bits per heavy atom. The maximum absolute atomic E-state index is 5.41. The normalized spacial score (nSPS) is 24.9. The highest BCUT2D eigenvalue weighted by Gasteiger charge is 2.25. The molecule has 1 aromatic rings. The smallest absolute Gasteiger partial charge is 0.0594 e. The lowest BCUT2D eigenvalue weighted by Crippen LogP contribution is -2.39. The number of ether oxygens (including phenoxy) is 1. The van der Waals surface area contributed by atoms with Crippen molar-refractivity contribution < 1.29 is 4.74 Å². The lowest BCUT2D eigenvalue weighted by molar-refractivity contribution is 0.0320. The van der Waals surface area contributed by atoms with Gasteiger partial charge in [0.2, 0.25) is 0 Å². The summed E-state index contributed by atoms with van der Waals surface area (Å²) >= 11 is 0. The molecule has 4 nitrogen and oxygen atoms in total. The van der Waals surface area contributed by atoms with Crippen LogP contribution in [0.25, 0.3) is 0 Å². The van der Waals surface area contributed by atoms with Crippen LogP contribution in [0, 0.1) is 12.8 Å². The summed E-state index contributed by atoms with van der Waals surface area (Å²) in [7, 11) is 0. The molecule has 0 N–H and O–H groups in total. The van der Waals surface area contributed by atoms with Crippen molar-refractivity contribution in [2.75, 3.05) is 50.8 Å². The summed E-state index contributed by atoms with van der Waals surface area (Å²) in [5.41, 5.74) is 2.44. The van der Waals surface area contributed by atoms with E-state index in [1.165, 1.54) is 31.7 Å². The first-order chi connectivity index (χ1) is 9.31. The highest BCUT2D eigenvalue weighted by atomic mass is 16.5. The minimum absolute atomic E-state index is 0.798. The first-order valence-corrected chi connectivity index (χ1v) is 7.29. The Labute approximate surface area is 115 Å². The lowest BCUT2D eigenvalue weighted by Gasteiger charge is -2.29. The molecule has 0 radical (unpaired) electrons. The number of aromatic nitrogens is 1. The van der Waals surface area contributed by atoms with Crippen molar-refractivity contribution in [1.82, 2.24) is 9.88 Å². The van der Waals surface area contributed by atoms with Gasteiger partial charge in [-0.05, 0) is 31.4 Å². The molecular weight excluding hydrogens is 238 g/mol. The van der Waals surface area contributed by atoms with Crippen LogP contribution < -0.4 is 4.90 Å². The van der Waals surface area contributed by atoms with Crippen LogP contribution in [0.2, 0.25) is 0 Å². The second kappa shape index (κ2) is 5.88. The van der Waals surface area contributed by atoms with Crippen LogP contribution in [-0.4, -0.2) is 55.8 Å². The maximum Gasteiger partial charge on any atom is 0.0594 e. The molecular formula is C15H23N3O. The Balaban J connectivity index is 1.55. The number of aryl methyl sites for hydroxylation is 1. The van der Waals surface area contributed by atoms with E-state index in [1.807, 2.05) is 6.20 Å². The quantitative estimate of drug-likeness (QED) is 0.825. The summed E-state index contributed by atoms with van der Waals surface area (Å²) in [6, 6.07) is 4.32. The minimum atomic E-state index is 0.798. The number of anilines is 1. The van der Waals surface area contributed by atoms with E-state index in [9.17, 15) is 0 Å². The summed E-state index contributed by atoms with van der Waals surface area (Å²) in [5, 5.41) is 0. The molecule has 19 heavy (non-hydrogen) atoms. The predicted octanol–water partition coefficient (Wildman–Crippen LogP) is 1.55. The van der Waals surface area contributed by atoms with Crippen LogP contribution in [0.4, 0.5) is 5.69 Å². The van der Waals surface area contributed by atoms with E-state index < -0.39 is 0 Å². The highest BCUT2D eigenvalue weighted by molar-refractivity contribution is 5.47. The molecule has 2 fully saturated rings. The van der Waals surface area contributed by atoms with Gasteiger partial charge < -0.3 is 9.64 Å². The molecule has 0 bridgehead atoms. The molecule has 104 valence electrons. The monoisotopic (exact) mass is 261 g/mol. The van der Waals surface area contributed by atoms with Crippen LogP contribution in [0.5, 0.6) is 0 Å². The zero-order chi connectivity index (χ0) is 13.1. The van der Waals surface area contributed by atoms with Gasteiger partial charge in [-0.25, -0.2) is 0 Å². The van der Waals surface area contributed by atoms with Gasteiger partial charge in [-0.1, -0.05) is 0 Å². The number of hydrogen-bond donors (Lipinski definition) is 0. The van der Waals surface area contributed by atoms with Crippen LogP contribution >= 0.6 is 0 Å². The molecule has 3 heterocycles. The fourth-order valence-corrected chi connectivity index (χ4v) is 3.09. The zero-order valence-corrected chi connectivity index (χ0v) is 11.7. The van der Waals surface area contributed by atoms with Crippen molar-refractivity contribution in [3.8, 4) is 0 Å². The van der Waals surface area contributed by atoms with Gasteiger partial charge in [0, 0.05) is 50.3 Å². The molecule has 4 heteroatoms. The molecule has 2 aliphatic heterocycles. The summed E-state index contributed by atoms with van der Waals surface area (Å²) in [4.78, 5) is 9.33. The maximum atomic E-state index is 5.41. The SMILES string of the molecule is Cc1cc(N2CCC(CN3CCOCC3)C2)ccn1. The van der Waals surface area contributed by atoms with Gasteiger partial charge in [-0.15, -0.1) is 0 Å². The van der Waals surface area contributed by atoms with Crippen molar-refractivity contribution in [2.24, 2.45) is 5.92 Å². The summed E-state index contributed by atoms with van der Waals surface area (Å²) in [6.45, 7) is 9.66. The molecule has 2 saturated heterocycles. The van der Waals surface area contributed by atoms with Crippen molar-refractivity contribution in [3.05, 3.63) is 24.0 Å². The van der Waals surface area contributed by atoms with Gasteiger partial charge in [0.1, 0.15) is 0 Å². The van der Waals surface area contributed by atoms with Crippen molar-refractivity contribution in [1.29, 1.82) is 0 Å². The van der Waals surface area contributed by atoms with Gasteiger partial charge in [0.15, 0.2) is 0 Å². The number of hydrogen-bond acceptors (Lipinski definition) is 4. The molecule has 1 unspecified atom stereocenters. The Morgan fingerprint density at radius 2 is 2.16 bits per heavy atom. The van der Waals surface area contributed by atoms with Gasteiger partial charge in [0.05, 0.1) is 13.2 Å². The summed E-state index contributed by atoms with van der Waals surface area (Å²) in [6.07, 6.45) is 3.22. The first kappa shape index (κ1) is 12.9. The Morgan fingerprint density at radius 3 is 2.95 bits per heavy atom. The van der Waals surface area contributed by atoms with Crippen molar-refractivity contribution in [3.63, 3.8) is 0 Å². The fourth-order valence-electron chi connectivity index (χ4n) is 3.09. The molecule has 0 saturated carbocycles. The van der Waals surface area contributed by atoms with Gasteiger partial charge in [-0.2, -0.15) is 0 Å². The highest BCUT2D eigenvalue weighted by Crippen LogP contribution is 2.24. The average Bonchev–Trinajstić information content (AvgIpc) is 2.88. The number of pyridine rings is 1. The van der Waals surface area contributed by atoms with E-state index in [2.05, 4.69) is 33.8 Å². The molecule has 2 aliphatic rings. The fraction of sp³-hybridized carbons (Fsp3) is 0.667. The molecule has 1 atom stereocenters. The van der Waals surface area contributed by atoms with Crippen LogP contribution in [0.15, 0.2) is 18.3 Å². The molecule has 0 amide bonds. The van der Waals surface area contributed by atoms with E-state index in [-0.39, 0.29) is 0 Å². The van der Waals surface area contributed by atoms with Gasteiger partial charge in [-0.3, -0.25) is 9.88 Å². The van der Waals surface area contributed by atoms with E-state index in [0.717, 1.165) is 37.9 Å². The molecule has 0 aromatic carbocycles. The van der Waals surface area contributed by atoms with E-state index in [4.69, 9.17) is 4.74 Å². The van der Waals surface area contributed by atoms with E-state index in [0.29, 0.717) is 0 Å². The molecule has 0 spiro atoms.